The zero-order valence-corrected chi connectivity index (χ0v) is 9.49. The topological polar surface area (TPSA) is 0 Å². The molecule has 0 saturated carbocycles. The zero-order valence-electron chi connectivity index (χ0n) is 9.49. The normalized spacial score (nSPS) is 9.00. The van der Waals surface area contributed by atoms with E-state index in [1.165, 1.54) is 27.8 Å². The smallest absolute Gasteiger partial charge is 0.0392 e. The molecule has 0 spiro atoms. The van der Waals surface area contributed by atoms with Crippen molar-refractivity contribution >= 4 is 0 Å². The van der Waals surface area contributed by atoms with Gasteiger partial charge in [0.15, 0.2) is 0 Å². The highest BCUT2D eigenvalue weighted by Crippen LogP contribution is 2.19. The molecule has 0 N–H and O–H groups in total. The summed E-state index contributed by atoms with van der Waals surface area (Å²) in [5.41, 5.74) is 7.14. The molecule has 1 aromatic carbocycles. The monoisotopic (exact) mass is 176 g/mol. The molecule has 1 rings (SSSR count). The van der Waals surface area contributed by atoms with Crippen LogP contribution in [0.4, 0.5) is 0 Å². The molecule has 0 heteroatoms. The molecule has 72 valence electrons. The van der Waals surface area contributed by atoms with Crippen LogP contribution in [-0.2, 0) is 0 Å². The van der Waals surface area contributed by atoms with Gasteiger partial charge >= 0.3 is 0 Å². The second-order valence-electron chi connectivity index (χ2n) is 3.39. The van der Waals surface area contributed by atoms with E-state index in [1.54, 1.807) is 0 Å². The Morgan fingerprint density at radius 3 is 1.31 bits per heavy atom. The van der Waals surface area contributed by atoms with Crippen molar-refractivity contribution in [1.29, 1.82) is 0 Å². The Balaban J connectivity index is 0.000000671. The third-order valence-electron chi connectivity index (χ3n) is 2.74. The van der Waals surface area contributed by atoms with Crippen molar-refractivity contribution in [3.05, 3.63) is 47.0 Å². The maximum Gasteiger partial charge on any atom is -0.0392 e. The van der Waals surface area contributed by atoms with Crippen LogP contribution in [-0.4, -0.2) is 0 Å². The Bertz CT molecular complexity index is 269. The van der Waals surface area contributed by atoms with Crippen molar-refractivity contribution in [2.45, 2.75) is 34.6 Å². The molecule has 0 aliphatic carbocycles. The lowest BCUT2D eigenvalue weighted by molar-refractivity contribution is 1.18. The van der Waals surface area contributed by atoms with Gasteiger partial charge < -0.3 is 0 Å². The van der Waals surface area contributed by atoms with Gasteiger partial charge in [0.05, 0.1) is 0 Å². The molecule has 0 nitrogen and oxygen atoms in total. The first-order valence-electron chi connectivity index (χ1n) is 4.58. The van der Waals surface area contributed by atoms with Gasteiger partial charge in [-0.2, -0.15) is 0 Å². The lowest BCUT2D eigenvalue weighted by Crippen LogP contribution is -1.93. The second-order valence-corrected chi connectivity index (χ2v) is 3.39. The van der Waals surface area contributed by atoms with Crippen LogP contribution in [0.25, 0.3) is 0 Å². The maximum absolute atomic E-state index is 3.00. The fourth-order valence-corrected chi connectivity index (χ4v) is 1.41. The molecule has 0 bridgehead atoms. The minimum Gasteiger partial charge on any atom is -0.106 e. The standard InChI is InChI=1S/C11H16.C2H4/c1-7-6-8(2)10(4)11(5)9(7)3;1-2/h6H,1-5H3;1-2H2. The first kappa shape index (κ1) is 12.0. The van der Waals surface area contributed by atoms with Gasteiger partial charge in [0.25, 0.3) is 0 Å². The van der Waals surface area contributed by atoms with E-state index in [-0.39, 0.29) is 0 Å². The quantitative estimate of drug-likeness (QED) is 0.523. The molecule has 0 atom stereocenters. The first-order chi connectivity index (χ1) is 6.04. The molecule has 0 radical (unpaired) electrons. The molecular formula is C13H20. The van der Waals surface area contributed by atoms with Crippen molar-refractivity contribution in [1.82, 2.24) is 0 Å². The SMILES string of the molecule is C=C.Cc1cc(C)c(C)c(C)c1C. The number of aryl methyl sites for hydroxylation is 2. The van der Waals surface area contributed by atoms with Crippen LogP contribution in [0.3, 0.4) is 0 Å². The highest BCUT2D eigenvalue weighted by Gasteiger charge is 2.02. The molecule has 0 fully saturated rings. The third-order valence-corrected chi connectivity index (χ3v) is 2.74. The second kappa shape index (κ2) is 4.86. The van der Waals surface area contributed by atoms with E-state index < -0.39 is 0 Å². The van der Waals surface area contributed by atoms with E-state index in [9.17, 15) is 0 Å². The Morgan fingerprint density at radius 2 is 1.00 bits per heavy atom. The Labute approximate surface area is 82.3 Å². The Kier molecular flexibility index (Phi) is 4.47. The molecule has 0 amide bonds. The fraction of sp³-hybridized carbons (Fsp3) is 0.385. The van der Waals surface area contributed by atoms with Crippen LogP contribution in [0.1, 0.15) is 27.8 Å². The zero-order chi connectivity index (χ0) is 10.6. The van der Waals surface area contributed by atoms with E-state index in [0.29, 0.717) is 0 Å². The van der Waals surface area contributed by atoms with Crippen molar-refractivity contribution in [3.63, 3.8) is 0 Å². The van der Waals surface area contributed by atoms with Gasteiger partial charge in [0.2, 0.25) is 0 Å². The minimum absolute atomic E-state index is 1.41. The van der Waals surface area contributed by atoms with E-state index in [4.69, 9.17) is 0 Å². The molecule has 0 aromatic heterocycles. The molecule has 0 heterocycles. The number of hydrogen-bond acceptors (Lipinski definition) is 0. The van der Waals surface area contributed by atoms with E-state index in [1.807, 2.05) is 0 Å². The molecule has 1 aromatic rings. The highest BCUT2D eigenvalue weighted by atomic mass is 14.1. The van der Waals surface area contributed by atoms with Gasteiger partial charge in [-0.15, -0.1) is 13.2 Å². The lowest BCUT2D eigenvalue weighted by Gasteiger charge is -2.10. The van der Waals surface area contributed by atoms with Crippen LogP contribution in [0.2, 0.25) is 0 Å². The van der Waals surface area contributed by atoms with Crippen molar-refractivity contribution < 1.29 is 0 Å². The van der Waals surface area contributed by atoms with Crippen molar-refractivity contribution in [2.75, 3.05) is 0 Å². The van der Waals surface area contributed by atoms with E-state index in [2.05, 4.69) is 53.8 Å². The van der Waals surface area contributed by atoms with Crippen molar-refractivity contribution in [2.24, 2.45) is 0 Å². The summed E-state index contributed by atoms with van der Waals surface area (Å²) in [5.74, 6) is 0. The highest BCUT2D eigenvalue weighted by molar-refractivity contribution is 5.42. The molecule has 0 aliphatic heterocycles. The third kappa shape index (κ3) is 2.45. The summed E-state index contributed by atoms with van der Waals surface area (Å²) < 4.78 is 0. The van der Waals surface area contributed by atoms with Crippen LogP contribution >= 0.6 is 0 Å². The van der Waals surface area contributed by atoms with Gasteiger partial charge in [-0.25, -0.2) is 0 Å². The summed E-state index contributed by atoms with van der Waals surface area (Å²) in [6.07, 6.45) is 0. The number of hydrogen-bond donors (Lipinski definition) is 0. The minimum atomic E-state index is 1.41. The summed E-state index contributed by atoms with van der Waals surface area (Å²) in [4.78, 5) is 0. The summed E-state index contributed by atoms with van der Waals surface area (Å²) >= 11 is 0. The predicted octanol–water partition coefficient (Wildman–Crippen LogP) is 4.03. The fourth-order valence-electron chi connectivity index (χ4n) is 1.41. The molecule has 0 saturated heterocycles. The average molecular weight is 176 g/mol. The van der Waals surface area contributed by atoms with Crippen LogP contribution in [0.15, 0.2) is 19.2 Å². The number of rotatable bonds is 0. The first-order valence-corrected chi connectivity index (χ1v) is 4.58. The van der Waals surface area contributed by atoms with Gasteiger partial charge in [0, 0.05) is 0 Å². The molecular weight excluding hydrogens is 156 g/mol. The molecule has 13 heavy (non-hydrogen) atoms. The van der Waals surface area contributed by atoms with E-state index in [0.717, 1.165) is 0 Å². The van der Waals surface area contributed by atoms with Crippen LogP contribution in [0.5, 0.6) is 0 Å². The lowest BCUT2D eigenvalue weighted by atomic mass is 9.96. The number of benzene rings is 1. The molecule has 0 aliphatic rings. The van der Waals surface area contributed by atoms with Gasteiger partial charge in [-0.3, -0.25) is 0 Å². The van der Waals surface area contributed by atoms with Gasteiger partial charge in [-0.05, 0) is 62.4 Å². The molecule has 0 unspecified atom stereocenters. The Hall–Kier alpha value is -1.04. The summed E-state index contributed by atoms with van der Waals surface area (Å²) in [5, 5.41) is 0. The van der Waals surface area contributed by atoms with Gasteiger partial charge in [0.1, 0.15) is 0 Å². The summed E-state index contributed by atoms with van der Waals surface area (Å²) in [6, 6.07) is 2.26. The van der Waals surface area contributed by atoms with Gasteiger partial charge in [-0.1, -0.05) is 6.07 Å². The summed E-state index contributed by atoms with van der Waals surface area (Å²) in [7, 11) is 0. The summed E-state index contributed by atoms with van der Waals surface area (Å²) in [6.45, 7) is 16.9. The van der Waals surface area contributed by atoms with Crippen LogP contribution in [0, 0.1) is 34.6 Å². The predicted molar refractivity (Wildman–Crippen MR) is 61.4 cm³/mol. The van der Waals surface area contributed by atoms with Crippen molar-refractivity contribution in [3.8, 4) is 0 Å². The Morgan fingerprint density at radius 1 is 0.692 bits per heavy atom. The largest absolute Gasteiger partial charge is 0.106 e. The van der Waals surface area contributed by atoms with Crippen LogP contribution < -0.4 is 0 Å². The maximum atomic E-state index is 3.00. The average Bonchev–Trinajstić information content (AvgIpc) is 2.15. The van der Waals surface area contributed by atoms with E-state index >= 15 is 0 Å².